The highest BCUT2D eigenvalue weighted by atomic mass is 79.9. The van der Waals surface area contributed by atoms with Crippen LogP contribution in [0.5, 0.6) is 0 Å². The van der Waals surface area contributed by atoms with Crippen LogP contribution >= 0.6 is 15.9 Å². The third-order valence-corrected chi connectivity index (χ3v) is 4.89. The van der Waals surface area contributed by atoms with Gasteiger partial charge in [-0.25, -0.2) is 0 Å². The monoisotopic (exact) mass is 336 g/mol. The number of halogens is 1. The van der Waals surface area contributed by atoms with E-state index in [4.69, 9.17) is 0 Å². The van der Waals surface area contributed by atoms with Gasteiger partial charge in [0.05, 0.1) is 0 Å². The molecule has 3 rings (SSSR count). The highest BCUT2D eigenvalue weighted by Crippen LogP contribution is 2.25. The van der Waals surface area contributed by atoms with Gasteiger partial charge in [0.25, 0.3) is 0 Å². The maximum atomic E-state index is 12.0. The van der Waals surface area contributed by atoms with E-state index in [1.54, 1.807) is 0 Å². The van der Waals surface area contributed by atoms with Gasteiger partial charge in [0.1, 0.15) is 0 Å². The van der Waals surface area contributed by atoms with E-state index in [0.717, 1.165) is 32.6 Å². The van der Waals surface area contributed by atoms with Crippen molar-refractivity contribution >= 4 is 21.8 Å². The average Bonchev–Trinajstić information content (AvgIpc) is 2.79. The standard InChI is InChI=1S/C16H21BrN2O/c17-14-9-16(20)19(11-14)15-7-4-8-18(12-15)10-13-5-2-1-3-6-13/h1-3,5-6,14-15H,4,7-12H2/t14?,15-/m1/s1. The van der Waals surface area contributed by atoms with Crippen molar-refractivity contribution < 1.29 is 4.79 Å². The number of benzene rings is 1. The molecule has 2 saturated heterocycles. The summed E-state index contributed by atoms with van der Waals surface area (Å²) in [6, 6.07) is 11.0. The molecule has 2 fully saturated rings. The topological polar surface area (TPSA) is 23.6 Å². The summed E-state index contributed by atoms with van der Waals surface area (Å²) < 4.78 is 0. The molecule has 2 heterocycles. The first-order valence-electron chi connectivity index (χ1n) is 7.42. The second-order valence-electron chi connectivity index (χ2n) is 5.86. The smallest absolute Gasteiger partial charge is 0.224 e. The zero-order chi connectivity index (χ0) is 13.9. The van der Waals surface area contributed by atoms with Crippen molar-refractivity contribution in [2.75, 3.05) is 19.6 Å². The molecule has 2 atom stereocenters. The van der Waals surface area contributed by atoms with Crippen molar-refractivity contribution in [3.05, 3.63) is 35.9 Å². The Balaban J connectivity index is 1.61. The first kappa shape index (κ1) is 14.1. The molecule has 0 spiro atoms. The molecule has 108 valence electrons. The molecule has 2 aliphatic rings. The van der Waals surface area contributed by atoms with Crippen molar-refractivity contribution in [1.29, 1.82) is 0 Å². The number of carbonyl (C=O) groups is 1. The van der Waals surface area contributed by atoms with Crippen LogP contribution in [0.2, 0.25) is 0 Å². The molecular formula is C16H21BrN2O. The molecule has 1 aromatic rings. The average molecular weight is 337 g/mol. The molecule has 1 aromatic carbocycles. The van der Waals surface area contributed by atoms with Crippen LogP contribution in [-0.2, 0) is 11.3 Å². The SMILES string of the molecule is O=C1CC(Br)CN1[C@@H]1CCCN(Cc2ccccc2)C1. The summed E-state index contributed by atoms with van der Waals surface area (Å²) in [5.41, 5.74) is 1.36. The van der Waals surface area contributed by atoms with Gasteiger partial charge in [-0.3, -0.25) is 9.69 Å². The lowest BCUT2D eigenvalue weighted by Gasteiger charge is -2.37. The maximum Gasteiger partial charge on any atom is 0.224 e. The summed E-state index contributed by atoms with van der Waals surface area (Å²) in [6.45, 7) is 4.03. The molecule has 0 aromatic heterocycles. The van der Waals surface area contributed by atoms with Gasteiger partial charge in [0.15, 0.2) is 0 Å². The zero-order valence-electron chi connectivity index (χ0n) is 11.7. The van der Waals surface area contributed by atoms with Gasteiger partial charge in [-0.2, -0.15) is 0 Å². The second kappa shape index (κ2) is 6.27. The number of amides is 1. The quantitative estimate of drug-likeness (QED) is 0.792. The molecule has 3 nitrogen and oxygen atoms in total. The number of hydrogen-bond acceptors (Lipinski definition) is 2. The molecule has 2 aliphatic heterocycles. The Morgan fingerprint density at radius 2 is 2.00 bits per heavy atom. The summed E-state index contributed by atoms with van der Waals surface area (Å²) in [5.74, 6) is 0.318. The Hall–Kier alpha value is -0.870. The second-order valence-corrected chi connectivity index (χ2v) is 7.16. The number of carbonyl (C=O) groups excluding carboxylic acids is 1. The van der Waals surface area contributed by atoms with Crippen molar-refractivity contribution in [2.24, 2.45) is 0 Å². The van der Waals surface area contributed by atoms with Gasteiger partial charge < -0.3 is 4.90 Å². The van der Waals surface area contributed by atoms with Crippen LogP contribution in [0.15, 0.2) is 30.3 Å². The van der Waals surface area contributed by atoms with E-state index in [9.17, 15) is 4.79 Å². The van der Waals surface area contributed by atoms with Crippen molar-refractivity contribution in [3.63, 3.8) is 0 Å². The number of likely N-dealkylation sites (tertiary alicyclic amines) is 2. The first-order valence-corrected chi connectivity index (χ1v) is 8.34. The predicted molar refractivity (Wildman–Crippen MR) is 83.8 cm³/mol. The Bertz CT molecular complexity index is 465. The molecule has 4 heteroatoms. The minimum atomic E-state index is 0.318. The largest absolute Gasteiger partial charge is 0.337 e. The summed E-state index contributed by atoms with van der Waals surface area (Å²) >= 11 is 3.58. The van der Waals surface area contributed by atoms with E-state index in [0.29, 0.717) is 23.2 Å². The maximum absolute atomic E-state index is 12.0. The molecule has 0 radical (unpaired) electrons. The first-order chi connectivity index (χ1) is 9.72. The molecular weight excluding hydrogens is 316 g/mol. The highest BCUT2D eigenvalue weighted by molar-refractivity contribution is 9.09. The van der Waals surface area contributed by atoms with E-state index >= 15 is 0 Å². The summed E-state index contributed by atoms with van der Waals surface area (Å²) in [7, 11) is 0. The lowest BCUT2D eigenvalue weighted by Crippen LogP contribution is -2.48. The van der Waals surface area contributed by atoms with Crippen LogP contribution in [0.25, 0.3) is 0 Å². The lowest BCUT2D eigenvalue weighted by atomic mass is 10.0. The van der Waals surface area contributed by atoms with Crippen molar-refractivity contribution in [1.82, 2.24) is 9.80 Å². The van der Waals surface area contributed by atoms with Crippen LogP contribution in [0.1, 0.15) is 24.8 Å². The Labute approximate surface area is 129 Å². The molecule has 1 unspecified atom stereocenters. The van der Waals surface area contributed by atoms with E-state index in [1.165, 1.54) is 12.0 Å². The minimum Gasteiger partial charge on any atom is -0.337 e. The van der Waals surface area contributed by atoms with Gasteiger partial charge in [-0.05, 0) is 24.9 Å². The number of nitrogens with zero attached hydrogens (tertiary/aromatic N) is 2. The Morgan fingerprint density at radius 1 is 1.20 bits per heavy atom. The number of rotatable bonds is 3. The van der Waals surface area contributed by atoms with Gasteiger partial charge in [0, 0.05) is 36.9 Å². The van der Waals surface area contributed by atoms with Crippen LogP contribution in [0, 0.1) is 0 Å². The molecule has 0 aliphatic carbocycles. The van der Waals surface area contributed by atoms with Crippen LogP contribution in [0.4, 0.5) is 0 Å². The van der Waals surface area contributed by atoms with Crippen LogP contribution in [-0.4, -0.2) is 46.2 Å². The molecule has 0 N–H and O–H groups in total. The Morgan fingerprint density at radius 3 is 2.70 bits per heavy atom. The number of hydrogen-bond donors (Lipinski definition) is 0. The number of piperidine rings is 1. The van der Waals surface area contributed by atoms with Gasteiger partial charge in [-0.15, -0.1) is 0 Å². The fraction of sp³-hybridized carbons (Fsp3) is 0.562. The fourth-order valence-electron chi connectivity index (χ4n) is 3.31. The zero-order valence-corrected chi connectivity index (χ0v) is 13.3. The highest BCUT2D eigenvalue weighted by Gasteiger charge is 2.35. The third kappa shape index (κ3) is 3.23. The van der Waals surface area contributed by atoms with Crippen molar-refractivity contribution in [3.8, 4) is 0 Å². The van der Waals surface area contributed by atoms with E-state index in [-0.39, 0.29) is 0 Å². The van der Waals surface area contributed by atoms with Gasteiger partial charge >= 0.3 is 0 Å². The minimum absolute atomic E-state index is 0.318. The molecule has 1 amide bonds. The van der Waals surface area contributed by atoms with Crippen LogP contribution in [0.3, 0.4) is 0 Å². The lowest BCUT2D eigenvalue weighted by molar-refractivity contribution is -0.130. The van der Waals surface area contributed by atoms with Crippen molar-refractivity contribution in [2.45, 2.75) is 36.7 Å². The van der Waals surface area contributed by atoms with Gasteiger partial charge in [0.2, 0.25) is 5.91 Å². The predicted octanol–water partition coefficient (Wildman–Crippen LogP) is 2.65. The van der Waals surface area contributed by atoms with E-state index < -0.39 is 0 Å². The summed E-state index contributed by atoms with van der Waals surface area (Å²) in [5, 5.41) is 0. The fourth-order valence-corrected chi connectivity index (χ4v) is 3.90. The molecule has 20 heavy (non-hydrogen) atoms. The molecule has 0 saturated carbocycles. The van der Waals surface area contributed by atoms with E-state index in [2.05, 4.69) is 56.1 Å². The van der Waals surface area contributed by atoms with Crippen LogP contribution < -0.4 is 0 Å². The summed E-state index contributed by atoms with van der Waals surface area (Å²) in [6.07, 6.45) is 3.00. The molecule has 0 bridgehead atoms. The Kier molecular flexibility index (Phi) is 4.41. The van der Waals surface area contributed by atoms with Gasteiger partial charge in [-0.1, -0.05) is 46.3 Å². The number of alkyl halides is 1. The normalized spacial score (nSPS) is 28.1. The van der Waals surface area contributed by atoms with E-state index in [1.807, 2.05) is 0 Å². The third-order valence-electron chi connectivity index (χ3n) is 4.28. The summed E-state index contributed by atoms with van der Waals surface area (Å²) in [4.78, 5) is 17.0.